The van der Waals surface area contributed by atoms with E-state index in [-0.39, 0.29) is 68.1 Å². The molecule has 5 atom stereocenters. The second-order valence-corrected chi connectivity index (χ2v) is 15.8. The van der Waals surface area contributed by atoms with Gasteiger partial charge in [-0.05, 0) is 57.1 Å². The Hall–Kier alpha value is -3.54. The van der Waals surface area contributed by atoms with Gasteiger partial charge in [0.1, 0.15) is 11.0 Å². The first kappa shape index (κ1) is 50.6. The Morgan fingerprint density at radius 3 is 2.36 bits per heavy atom. The molecular weight excluding hydrogens is 769 g/mol. The minimum atomic E-state index is -0.901. The largest absolute Gasteiger partial charge is 0.461 e. The summed E-state index contributed by atoms with van der Waals surface area (Å²) in [7, 11) is 1.96. The number of nitrogens with zero attached hydrogens (tertiary/aromatic N) is 6. The number of thiazole rings is 1. The first-order valence-electron chi connectivity index (χ1n) is 21.1. The summed E-state index contributed by atoms with van der Waals surface area (Å²) < 4.78 is 27.6. The van der Waals surface area contributed by atoms with Gasteiger partial charge in [-0.15, -0.1) is 11.3 Å². The number of carbonyl (C=O) groups is 4. The maximum atomic E-state index is 14.9. The quantitative estimate of drug-likeness (QED) is 0.0290. The number of esters is 1. The average molecular weight is 839 g/mol. The number of likely N-dealkylation sites (N-methyl/N-ethyl adjacent to an activating group) is 1. The maximum Gasteiger partial charge on any atom is 0.407 e. The van der Waals surface area contributed by atoms with Crippen LogP contribution >= 0.6 is 11.3 Å². The standard InChI is InChI=1S/C40H70N8O9S/c1-8-11-12-14-20-48(38(50)35(30(6)9-2)45-36(49)32-16-13-15-19-47(32)7)33(29(4)5)27-34(37-44-31(28-58-37)39(51)56-10-3)57-40(52)42-17-21-53-23-25-55-26-24-54-22-18-43-46-41/h28-30,32-35H,8-27H2,1-7H3,(H,42,52)(H,45,49)/t30-,32+,33+,34+,35-/m0/s1. The summed E-state index contributed by atoms with van der Waals surface area (Å²) in [6, 6.07) is -1.41. The van der Waals surface area contributed by atoms with E-state index in [0.29, 0.717) is 51.0 Å². The summed E-state index contributed by atoms with van der Waals surface area (Å²) in [6.45, 7) is 15.8. The molecule has 2 N–H and O–H groups in total. The van der Waals surface area contributed by atoms with Crippen LogP contribution in [0.1, 0.15) is 121 Å². The van der Waals surface area contributed by atoms with Crippen LogP contribution in [0.4, 0.5) is 4.79 Å². The molecular formula is C40H70N8O9S. The van der Waals surface area contributed by atoms with Gasteiger partial charge in [-0.3, -0.25) is 14.5 Å². The predicted octanol–water partition coefficient (Wildman–Crippen LogP) is 6.29. The van der Waals surface area contributed by atoms with Crippen LogP contribution < -0.4 is 10.6 Å². The molecule has 0 aliphatic carbocycles. The minimum absolute atomic E-state index is 0.0635. The molecule has 0 aromatic carbocycles. The van der Waals surface area contributed by atoms with Gasteiger partial charge in [-0.25, -0.2) is 14.6 Å². The van der Waals surface area contributed by atoms with Crippen molar-refractivity contribution in [3.8, 4) is 0 Å². The summed E-state index contributed by atoms with van der Waals surface area (Å²) >= 11 is 1.19. The number of hydrogen-bond acceptors (Lipinski definition) is 13. The molecule has 0 bridgehead atoms. The van der Waals surface area contributed by atoms with Crippen molar-refractivity contribution < 1.29 is 42.9 Å². The Kier molecular flexibility index (Phi) is 25.9. The molecule has 1 aromatic heterocycles. The van der Waals surface area contributed by atoms with E-state index in [1.807, 2.05) is 39.6 Å². The number of piperidine rings is 1. The summed E-state index contributed by atoms with van der Waals surface area (Å²) in [5.41, 5.74) is 8.40. The van der Waals surface area contributed by atoms with E-state index < -0.39 is 30.3 Å². The average Bonchev–Trinajstić information content (AvgIpc) is 3.71. The molecule has 1 saturated heterocycles. The fourth-order valence-electron chi connectivity index (χ4n) is 6.67. The molecule has 2 rings (SSSR count). The monoisotopic (exact) mass is 838 g/mol. The highest BCUT2D eigenvalue weighted by Gasteiger charge is 2.39. The topological polar surface area (TPSA) is 207 Å². The minimum Gasteiger partial charge on any atom is -0.461 e. The van der Waals surface area contributed by atoms with Crippen LogP contribution in [0.3, 0.4) is 0 Å². The first-order valence-corrected chi connectivity index (χ1v) is 22.0. The van der Waals surface area contributed by atoms with E-state index in [4.69, 9.17) is 29.2 Å². The molecule has 1 aliphatic heterocycles. The van der Waals surface area contributed by atoms with Gasteiger partial charge in [0.15, 0.2) is 11.8 Å². The second-order valence-electron chi connectivity index (χ2n) is 14.9. The lowest BCUT2D eigenvalue weighted by Crippen LogP contribution is -2.59. The highest BCUT2D eigenvalue weighted by atomic mass is 32.1. The molecule has 17 nitrogen and oxygen atoms in total. The number of azide groups is 1. The lowest BCUT2D eigenvalue weighted by Gasteiger charge is -2.40. The molecule has 58 heavy (non-hydrogen) atoms. The van der Waals surface area contributed by atoms with Gasteiger partial charge in [0.2, 0.25) is 11.8 Å². The highest BCUT2D eigenvalue weighted by molar-refractivity contribution is 7.09. The third-order valence-electron chi connectivity index (χ3n) is 10.2. The van der Waals surface area contributed by atoms with Gasteiger partial charge < -0.3 is 39.2 Å². The van der Waals surface area contributed by atoms with Crippen molar-refractivity contribution in [3.05, 3.63) is 26.5 Å². The molecule has 0 spiro atoms. The number of unbranched alkanes of at least 4 members (excludes halogenated alkanes) is 3. The summed E-state index contributed by atoms with van der Waals surface area (Å²) in [6.07, 6.45) is 5.87. The van der Waals surface area contributed by atoms with E-state index in [9.17, 15) is 19.2 Å². The van der Waals surface area contributed by atoms with Crippen LogP contribution in [0.25, 0.3) is 10.4 Å². The zero-order valence-electron chi connectivity index (χ0n) is 35.9. The SMILES string of the molecule is CCCCCCN(C(=O)[C@@H](NC(=O)[C@H]1CCCCN1C)[C@@H](C)CC)[C@H](C[C@@H](OC(=O)NCCOCCOCCOCCN=[N+]=[N-])c1nc(C(=O)OCC)cs1)C(C)C. The fraction of sp³-hybridized carbons (Fsp3) is 0.825. The summed E-state index contributed by atoms with van der Waals surface area (Å²) in [5, 5.41) is 11.3. The van der Waals surface area contributed by atoms with Crippen molar-refractivity contribution in [3.63, 3.8) is 0 Å². The Morgan fingerprint density at radius 2 is 1.72 bits per heavy atom. The van der Waals surface area contributed by atoms with Crippen molar-refractivity contribution in [2.45, 2.75) is 124 Å². The fourth-order valence-corrected chi connectivity index (χ4v) is 7.49. The Morgan fingerprint density at radius 1 is 1.02 bits per heavy atom. The smallest absolute Gasteiger partial charge is 0.407 e. The highest BCUT2D eigenvalue weighted by Crippen LogP contribution is 2.32. The van der Waals surface area contributed by atoms with Crippen LogP contribution in [0.2, 0.25) is 0 Å². The number of carbonyl (C=O) groups excluding carboxylic acids is 4. The van der Waals surface area contributed by atoms with E-state index in [1.165, 1.54) is 11.3 Å². The number of ether oxygens (including phenoxy) is 5. The molecule has 18 heteroatoms. The van der Waals surface area contributed by atoms with Crippen molar-refractivity contribution >= 4 is 35.2 Å². The van der Waals surface area contributed by atoms with Gasteiger partial charge in [0.05, 0.1) is 52.3 Å². The van der Waals surface area contributed by atoms with Crippen LogP contribution in [0, 0.1) is 11.8 Å². The zero-order valence-corrected chi connectivity index (χ0v) is 36.8. The third kappa shape index (κ3) is 18.6. The number of likely N-dealkylation sites (tertiary alicyclic amines) is 1. The van der Waals surface area contributed by atoms with Crippen molar-refractivity contribution in [2.24, 2.45) is 17.0 Å². The number of amides is 3. The lowest BCUT2D eigenvalue weighted by molar-refractivity contribution is -0.142. The first-order chi connectivity index (χ1) is 28.0. The molecule has 1 aliphatic rings. The molecule has 0 unspecified atom stereocenters. The van der Waals surface area contributed by atoms with Crippen LogP contribution in [-0.4, -0.2) is 136 Å². The predicted molar refractivity (Wildman–Crippen MR) is 223 cm³/mol. The van der Waals surface area contributed by atoms with Gasteiger partial charge in [-0.2, -0.15) is 0 Å². The van der Waals surface area contributed by atoms with Crippen LogP contribution in [0.15, 0.2) is 10.5 Å². The lowest BCUT2D eigenvalue weighted by atomic mass is 9.91. The van der Waals surface area contributed by atoms with E-state index in [2.05, 4.69) is 37.5 Å². The van der Waals surface area contributed by atoms with Gasteiger partial charge in [0, 0.05) is 42.4 Å². The van der Waals surface area contributed by atoms with Crippen molar-refractivity contribution in [2.75, 3.05) is 79.5 Å². The van der Waals surface area contributed by atoms with Gasteiger partial charge in [-0.1, -0.05) is 71.8 Å². The van der Waals surface area contributed by atoms with E-state index >= 15 is 0 Å². The summed E-state index contributed by atoms with van der Waals surface area (Å²) in [5.74, 6) is -1.03. The molecule has 1 aromatic rings. The molecule has 1 fully saturated rings. The molecule has 0 radical (unpaired) electrons. The van der Waals surface area contributed by atoms with Crippen LogP contribution in [-0.2, 0) is 33.3 Å². The summed E-state index contributed by atoms with van der Waals surface area (Å²) in [4.78, 5) is 65.7. The van der Waals surface area contributed by atoms with Crippen LogP contribution in [0.5, 0.6) is 0 Å². The van der Waals surface area contributed by atoms with E-state index in [0.717, 1.165) is 51.5 Å². The number of rotatable bonds is 30. The molecule has 2 heterocycles. The number of nitrogens with one attached hydrogen (secondary N) is 2. The number of hydrogen-bond donors (Lipinski definition) is 2. The van der Waals surface area contributed by atoms with Crippen molar-refractivity contribution in [1.82, 2.24) is 25.4 Å². The maximum absolute atomic E-state index is 14.9. The molecule has 3 amide bonds. The van der Waals surface area contributed by atoms with Gasteiger partial charge in [0.25, 0.3) is 0 Å². The normalized spacial score (nSPS) is 16.4. The number of alkyl carbamates (subject to hydrolysis) is 1. The van der Waals surface area contributed by atoms with Gasteiger partial charge >= 0.3 is 12.1 Å². The Bertz CT molecular complexity index is 1400. The molecule has 330 valence electrons. The third-order valence-corrected chi connectivity index (χ3v) is 11.1. The number of aromatic nitrogens is 1. The zero-order chi connectivity index (χ0) is 42.7. The van der Waals surface area contributed by atoms with Crippen molar-refractivity contribution in [1.29, 1.82) is 0 Å². The Balaban J connectivity index is 2.25. The second kappa shape index (κ2) is 29.6. The molecule has 0 saturated carbocycles. The van der Waals surface area contributed by atoms with E-state index in [1.54, 1.807) is 12.3 Å². The Labute approximate surface area is 349 Å².